The van der Waals surface area contributed by atoms with E-state index >= 15 is 0 Å². The normalized spacial score (nSPS) is 50.6. The van der Waals surface area contributed by atoms with Crippen LogP contribution in [0, 0.1) is 35.5 Å². The predicted molar refractivity (Wildman–Crippen MR) is 207 cm³/mol. The van der Waals surface area contributed by atoms with Crippen LogP contribution in [-0.4, -0.2) is 109 Å². The first-order chi connectivity index (χ1) is 28.2. The van der Waals surface area contributed by atoms with Gasteiger partial charge in [0.15, 0.2) is 0 Å². The van der Waals surface area contributed by atoms with Crippen molar-refractivity contribution in [2.75, 3.05) is 6.61 Å². The Bertz CT molecular complexity index is 2030. The minimum atomic E-state index is -2.22. The van der Waals surface area contributed by atoms with Crippen molar-refractivity contribution in [1.29, 1.82) is 0 Å². The third-order valence-corrected chi connectivity index (χ3v) is 15.9. The van der Waals surface area contributed by atoms with Gasteiger partial charge in [-0.3, -0.25) is 0 Å². The molecule has 0 aromatic heterocycles. The van der Waals surface area contributed by atoms with Gasteiger partial charge in [-0.05, 0) is 81.4 Å². The lowest BCUT2D eigenvalue weighted by Gasteiger charge is -2.74. The molecule has 2 aromatic rings. The summed E-state index contributed by atoms with van der Waals surface area (Å²) in [7, 11) is 0. The Kier molecular flexibility index (Phi) is 9.07. The van der Waals surface area contributed by atoms with Gasteiger partial charge in [0.25, 0.3) is 0 Å². The van der Waals surface area contributed by atoms with Gasteiger partial charge in [-0.1, -0.05) is 74.5 Å². The van der Waals surface area contributed by atoms with Crippen LogP contribution in [0.1, 0.15) is 75.2 Å². The molecule has 4 saturated carbocycles. The Hall–Kier alpha value is -3.50. The molecule has 1 spiro atoms. The highest BCUT2D eigenvalue weighted by atomic mass is 16.9. The molecule has 13 heteroatoms. The van der Waals surface area contributed by atoms with Crippen LogP contribution in [0.4, 0.5) is 0 Å². The molecule has 4 saturated heterocycles. The third-order valence-electron chi connectivity index (χ3n) is 15.9. The van der Waals surface area contributed by atoms with Gasteiger partial charge >= 0.3 is 17.9 Å². The van der Waals surface area contributed by atoms with Crippen molar-refractivity contribution < 1.29 is 63.5 Å². The zero-order valence-corrected chi connectivity index (χ0v) is 33.5. The highest BCUT2D eigenvalue weighted by Gasteiger charge is 2.91. The molecule has 8 aliphatic heterocycles. The molecule has 5 N–H and O–H groups in total. The van der Waals surface area contributed by atoms with Gasteiger partial charge in [-0.15, -0.1) is 0 Å². The molecule has 12 aliphatic rings. The first-order valence-corrected chi connectivity index (χ1v) is 21.2. The number of epoxide rings is 1. The molecule has 4 aliphatic carbocycles. The van der Waals surface area contributed by atoms with Crippen LogP contribution < -0.4 is 0 Å². The lowest BCUT2D eigenvalue weighted by Crippen LogP contribution is -2.89. The van der Waals surface area contributed by atoms with E-state index in [0.29, 0.717) is 36.8 Å². The maximum absolute atomic E-state index is 13.7. The number of hydrogen-bond acceptors (Lipinski definition) is 13. The summed E-state index contributed by atoms with van der Waals surface area (Å²) in [6.07, 6.45) is 2.22. The van der Waals surface area contributed by atoms with Crippen molar-refractivity contribution in [3.63, 3.8) is 0 Å². The van der Waals surface area contributed by atoms with Crippen molar-refractivity contribution in [2.24, 2.45) is 35.5 Å². The van der Waals surface area contributed by atoms with Crippen LogP contribution in [0.25, 0.3) is 0 Å². The van der Waals surface area contributed by atoms with Gasteiger partial charge in [0.05, 0.1) is 23.4 Å². The minimum Gasteiger partial charge on any atom is -0.456 e. The number of ether oxygens (including phenoxy) is 6. The molecule has 8 heterocycles. The van der Waals surface area contributed by atoms with E-state index in [4.69, 9.17) is 28.4 Å². The molecular formula is C46H54O13. The van der Waals surface area contributed by atoms with Crippen LogP contribution in [0.5, 0.6) is 0 Å². The lowest BCUT2D eigenvalue weighted by atomic mass is 9.49. The van der Waals surface area contributed by atoms with Gasteiger partial charge < -0.3 is 54.0 Å². The highest BCUT2D eigenvalue weighted by Crippen LogP contribution is 2.75. The van der Waals surface area contributed by atoms with E-state index in [1.54, 1.807) is 55.5 Å². The Labute approximate surface area is 342 Å². The Morgan fingerprint density at radius 1 is 0.864 bits per heavy atom. The standard InChI is InChI=1S/C46H54O13/c1-25-22-32-43(52)35(25)55-33(48)17-11-10-16-31(54-39(49)29-12-6-4-7-13-29)28-20-18-27(19-21-28)23-41(3,51)45(53)36-26(2)44(32)34(37-42(24-47,56-37)40(43)50)38(45)58-46(57-36,59-44)30-14-8-5-9-15-30/h4-17,25-28,31-32,34-38,40,47,50-53H,18-24H2,1-3H3. The lowest BCUT2D eigenvalue weighted by molar-refractivity contribution is -0.595. The van der Waals surface area contributed by atoms with Crippen molar-refractivity contribution in [3.8, 4) is 0 Å². The van der Waals surface area contributed by atoms with Crippen molar-refractivity contribution in [1.82, 2.24) is 0 Å². The van der Waals surface area contributed by atoms with E-state index in [2.05, 4.69) is 0 Å². The number of benzene rings is 2. The first-order valence-electron chi connectivity index (χ1n) is 21.2. The van der Waals surface area contributed by atoms with E-state index in [1.807, 2.05) is 38.1 Å². The summed E-state index contributed by atoms with van der Waals surface area (Å²) >= 11 is 0. The van der Waals surface area contributed by atoms with Gasteiger partial charge in [-0.25, -0.2) is 9.59 Å². The van der Waals surface area contributed by atoms with Gasteiger partial charge in [0.1, 0.15) is 53.4 Å². The Balaban J connectivity index is 1.11. The maximum Gasteiger partial charge on any atom is 0.338 e. The number of hydrogen-bond donors (Lipinski definition) is 5. The van der Waals surface area contributed by atoms with E-state index in [1.165, 1.54) is 12.2 Å². The quantitative estimate of drug-likeness (QED) is 0.223. The molecule has 59 heavy (non-hydrogen) atoms. The predicted octanol–water partition coefficient (Wildman–Crippen LogP) is 3.45. The number of aliphatic hydroxyl groups is 5. The van der Waals surface area contributed by atoms with Crippen molar-refractivity contribution in [3.05, 3.63) is 96.1 Å². The summed E-state index contributed by atoms with van der Waals surface area (Å²) < 4.78 is 39.5. The summed E-state index contributed by atoms with van der Waals surface area (Å²) in [5.41, 5.74) is -8.37. The van der Waals surface area contributed by atoms with Crippen molar-refractivity contribution in [2.45, 2.75) is 130 Å². The molecule has 16 atom stereocenters. The Morgan fingerprint density at radius 3 is 2.24 bits per heavy atom. The van der Waals surface area contributed by atoms with Crippen LogP contribution in [0.15, 0.2) is 85.0 Å². The number of allylic oxidation sites excluding steroid dienone is 2. The molecule has 0 amide bonds. The van der Waals surface area contributed by atoms with Gasteiger partial charge in [0, 0.05) is 29.4 Å². The highest BCUT2D eigenvalue weighted by molar-refractivity contribution is 5.89. The number of fused-ring (bicyclic) bond motifs is 1. The first kappa shape index (κ1) is 39.6. The number of rotatable bonds is 4. The summed E-state index contributed by atoms with van der Waals surface area (Å²) in [6.45, 7) is 4.62. The van der Waals surface area contributed by atoms with Crippen molar-refractivity contribution >= 4 is 11.9 Å². The van der Waals surface area contributed by atoms with E-state index in [9.17, 15) is 35.1 Å². The Morgan fingerprint density at radius 2 is 1.54 bits per heavy atom. The van der Waals surface area contributed by atoms with E-state index < -0.39 is 113 Å². The fourth-order valence-electron chi connectivity index (χ4n) is 13.0. The number of carbonyl (C=O) groups excluding carboxylic acids is 2. The SMILES string of the molecule is CC1CC2C3(O)C1OC(=O)C=CC=CC(OC(=O)c1ccccc1)C1CCC(CC1)CC(C)(O)C1(O)C4OC5(c6ccccc6)OC1C(C1OC1(CO)C3O)C2(O5)C4C. The second-order valence-electron chi connectivity index (χ2n) is 18.9. The molecule has 13 nitrogen and oxygen atoms in total. The summed E-state index contributed by atoms with van der Waals surface area (Å²) in [4.78, 5) is 27.0. The molecule has 316 valence electrons. The zero-order chi connectivity index (χ0) is 41.3. The molecule has 11 bridgehead atoms. The fourth-order valence-corrected chi connectivity index (χ4v) is 13.0. The van der Waals surface area contributed by atoms with Crippen LogP contribution in [0.3, 0.4) is 0 Å². The van der Waals surface area contributed by atoms with Crippen LogP contribution in [-0.2, 0) is 39.2 Å². The molecule has 14 rings (SSSR count). The topological polar surface area (TPSA) is 194 Å². The summed E-state index contributed by atoms with van der Waals surface area (Å²) in [6, 6.07) is 17.8. The van der Waals surface area contributed by atoms with E-state index in [-0.39, 0.29) is 24.7 Å². The molecular weight excluding hydrogens is 760 g/mol. The molecule has 2 aromatic carbocycles. The monoisotopic (exact) mass is 814 g/mol. The zero-order valence-electron chi connectivity index (χ0n) is 33.5. The molecule has 0 radical (unpaired) electrons. The number of esters is 2. The average molecular weight is 815 g/mol. The second-order valence-corrected chi connectivity index (χ2v) is 18.9. The average Bonchev–Trinajstić information content (AvgIpc) is 3.92. The minimum absolute atomic E-state index is 0.0352. The molecule has 8 fully saturated rings. The molecule has 16 unspecified atom stereocenters. The largest absolute Gasteiger partial charge is 0.456 e. The second kappa shape index (κ2) is 13.5. The van der Waals surface area contributed by atoms with E-state index in [0.717, 1.165) is 0 Å². The fraction of sp³-hybridized carbons (Fsp3) is 0.609. The van der Waals surface area contributed by atoms with Crippen LogP contribution in [0.2, 0.25) is 0 Å². The number of aliphatic hydroxyl groups excluding tert-OH is 2. The summed E-state index contributed by atoms with van der Waals surface area (Å²) in [5.74, 6) is -6.38. The van der Waals surface area contributed by atoms with Crippen LogP contribution >= 0.6 is 0 Å². The third kappa shape index (κ3) is 5.35. The smallest absolute Gasteiger partial charge is 0.338 e. The van der Waals surface area contributed by atoms with Gasteiger partial charge in [0.2, 0.25) is 0 Å². The maximum atomic E-state index is 13.7. The van der Waals surface area contributed by atoms with Gasteiger partial charge in [-0.2, -0.15) is 0 Å². The summed E-state index contributed by atoms with van der Waals surface area (Å²) in [5, 5.41) is 63.2. The number of carbonyl (C=O) groups is 2.